The molecule has 4 nitrogen and oxygen atoms in total. The van der Waals surface area contributed by atoms with Gasteiger partial charge in [-0.3, -0.25) is 0 Å². The van der Waals surface area contributed by atoms with Crippen molar-refractivity contribution in [1.82, 2.24) is 14.8 Å². The number of fused-ring (bicyclic) bond motifs is 1. The van der Waals surface area contributed by atoms with E-state index in [-0.39, 0.29) is 12.1 Å². The van der Waals surface area contributed by atoms with Gasteiger partial charge in [0, 0.05) is 31.5 Å². The number of aromatic nitrogens is 1. The highest BCUT2D eigenvalue weighted by molar-refractivity contribution is 5.74. The van der Waals surface area contributed by atoms with Crippen molar-refractivity contribution < 1.29 is 4.79 Å². The maximum absolute atomic E-state index is 12.4. The van der Waals surface area contributed by atoms with Crippen LogP contribution in [0.4, 0.5) is 4.79 Å². The van der Waals surface area contributed by atoms with Gasteiger partial charge in [-0.15, -0.1) is 0 Å². The highest BCUT2D eigenvalue weighted by Gasteiger charge is 2.32. The zero-order valence-electron chi connectivity index (χ0n) is 13.1. The number of nitrogens with one attached hydrogen (secondary N) is 1. The van der Waals surface area contributed by atoms with Crippen LogP contribution >= 0.6 is 0 Å². The number of nitrogens with zero attached hydrogens (tertiary/aromatic N) is 2. The van der Waals surface area contributed by atoms with Gasteiger partial charge in [0.05, 0.1) is 6.04 Å². The first-order valence-corrected chi connectivity index (χ1v) is 7.70. The van der Waals surface area contributed by atoms with Crippen molar-refractivity contribution >= 4 is 6.03 Å². The lowest BCUT2D eigenvalue weighted by molar-refractivity contribution is 0.133. The normalized spacial score (nSPS) is 18.5. The van der Waals surface area contributed by atoms with Gasteiger partial charge < -0.3 is 14.8 Å². The fourth-order valence-corrected chi connectivity index (χ4v) is 2.91. The second-order valence-corrected chi connectivity index (χ2v) is 6.42. The van der Waals surface area contributed by atoms with E-state index in [9.17, 15) is 4.79 Å². The van der Waals surface area contributed by atoms with Gasteiger partial charge in [-0.1, -0.05) is 27.7 Å². The summed E-state index contributed by atoms with van der Waals surface area (Å²) in [5, 5.41) is 3.07. The Bertz CT molecular complexity index is 450. The fraction of sp³-hybridized carbons (Fsp3) is 0.688. The van der Waals surface area contributed by atoms with Crippen molar-refractivity contribution in [3.63, 3.8) is 0 Å². The lowest BCUT2D eigenvalue weighted by Gasteiger charge is -2.39. The van der Waals surface area contributed by atoms with Crippen LogP contribution in [-0.4, -0.2) is 28.6 Å². The zero-order chi connectivity index (χ0) is 14.7. The molecule has 4 heteroatoms. The number of hydrogen-bond donors (Lipinski definition) is 1. The summed E-state index contributed by atoms with van der Waals surface area (Å²) in [6.07, 6.45) is 3.14. The molecule has 1 aliphatic rings. The van der Waals surface area contributed by atoms with E-state index in [1.807, 2.05) is 4.90 Å². The summed E-state index contributed by atoms with van der Waals surface area (Å²) >= 11 is 0. The van der Waals surface area contributed by atoms with Crippen molar-refractivity contribution in [1.29, 1.82) is 0 Å². The largest absolute Gasteiger partial charge is 0.348 e. The molecular formula is C16H27N3O. The molecule has 1 aliphatic heterocycles. The molecule has 0 fully saturated rings. The molecule has 0 saturated heterocycles. The summed E-state index contributed by atoms with van der Waals surface area (Å²) in [6.45, 7) is 11.2. The molecule has 2 heterocycles. The SMILES string of the molecule is CC(C)CCNC(=O)N1CCn2cccc2[C@H]1C(C)C. The minimum absolute atomic E-state index is 0.0804. The highest BCUT2D eigenvalue weighted by Crippen LogP contribution is 2.32. The number of carbonyl (C=O) groups is 1. The van der Waals surface area contributed by atoms with Crippen LogP contribution in [0.15, 0.2) is 18.3 Å². The second kappa shape index (κ2) is 6.33. The zero-order valence-corrected chi connectivity index (χ0v) is 13.1. The lowest BCUT2D eigenvalue weighted by atomic mass is 9.97. The number of amides is 2. The summed E-state index contributed by atoms with van der Waals surface area (Å²) in [7, 11) is 0. The van der Waals surface area contributed by atoms with Gasteiger partial charge in [0.2, 0.25) is 0 Å². The molecule has 0 bridgehead atoms. The van der Waals surface area contributed by atoms with Crippen LogP contribution in [-0.2, 0) is 6.54 Å². The van der Waals surface area contributed by atoms with Crippen LogP contribution in [0.3, 0.4) is 0 Å². The molecule has 2 rings (SSSR count). The molecule has 1 aromatic heterocycles. The first-order chi connectivity index (χ1) is 9.50. The monoisotopic (exact) mass is 277 g/mol. The molecule has 1 atom stereocenters. The number of carbonyl (C=O) groups excluding carboxylic acids is 1. The Balaban J connectivity index is 2.05. The van der Waals surface area contributed by atoms with Gasteiger partial charge >= 0.3 is 6.03 Å². The van der Waals surface area contributed by atoms with Gasteiger partial charge in [0.25, 0.3) is 0 Å². The first-order valence-electron chi connectivity index (χ1n) is 7.70. The third kappa shape index (κ3) is 3.17. The van der Waals surface area contributed by atoms with E-state index in [4.69, 9.17) is 0 Å². The third-order valence-electron chi connectivity index (χ3n) is 3.98. The van der Waals surface area contributed by atoms with E-state index in [1.54, 1.807) is 0 Å². The molecule has 20 heavy (non-hydrogen) atoms. The maximum atomic E-state index is 12.4. The van der Waals surface area contributed by atoms with Crippen LogP contribution < -0.4 is 5.32 Å². The van der Waals surface area contributed by atoms with E-state index in [2.05, 4.69) is 55.9 Å². The maximum Gasteiger partial charge on any atom is 0.318 e. The van der Waals surface area contributed by atoms with Gasteiger partial charge in [0.15, 0.2) is 0 Å². The Hall–Kier alpha value is -1.45. The number of hydrogen-bond acceptors (Lipinski definition) is 1. The minimum atomic E-state index is 0.0804. The van der Waals surface area contributed by atoms with Crippen LogP contribution in [0.5, 0.6) is 0 Å². The molecule has 2 amide bonds. The Morgan fingerprint density at radius 1 is 1.35 bits per heavy atom. The Morgan fingerprint density at radius 2 is 2.10 bits per heavy atom. The predicted octanol–water partition coefficient (Wildman–Crippen LogP) is 3.26. The fourth-order valence-electron chi connectivity index (χ4n) is 2.91. The van der Waals surface area contributed by atoms with Gasteiger partial charge in [0.1, 0.15) is 0 Å². The predicted molar refractivity (Wildman–Crippen MR) is 81.6 cm³/mol. The average molecular weight is 277 g/mol. The topological polar surface area (TPSA) is 37.3 Å². The van der Waals surface area contributed by atoms with Crippen LogP contribution in [0.2, 0.25) is 0 Å². The summed E-state index contributed by atoms with van der Waals surface area (Å²) in [4.78, 5) is 14.4. The Morgan fingerprint density at radius 3 is 2.75 bits per heavy atom. The van der Waals surface area contributed by atoms with Crippen molar-refractivity contribution in [3.05, 3.63) is 24.0 Å². The number of rotatable bonds is 4. The minimum Gasteiger partial charge on any atom is -0.348 e. The molecule has 0 aliphatic carbocycles. The van der Waals surface area contributed by atoms with E-state index in [1.165, 1.54) is 5.69 Å². The third-order valence-corrected chi connectivity index (χ3v) is 3.98. The molecule has 0 aromatic carbocycles. The van der Waals surface area contributed by atoms with Crippen LogP contribution in [0, 0.1) is 11.8 Å². The van der Waals surface area contributed by atoms with Crippen molar-refractivity contribution in [3.8, 4) is 0 Å². The molecule has 0 spiro atoms. The van der Waals surface area contributed by atoms with E-state index < -0.39 is 0 Å². The van der Waals surface area contributed by atoms with Crippen LogP contribution in [0.1, 0.15) is 45.9 Å². The summed E-state index contributed by atoms with van der Waals surface area (Å²) in [5.74, 6) is 1.04. The average Bonchev–Trinajstić information content (AvgIpc) is 2.84. The van der Waals surface area contributed by atoms with Crippen molar-refractivity contribution in [2.75, 3.05) is 13.1 Å². The van der Waals surface area contributed by atoms with Crippen LogP contribution in [0.25, 0.3) is 0 Å². The summed E-state index contributed by atoms with van der Waals surface area (Å²) in [6, 6.07) is 4.47. The molecule has 0 unspecified atom stereocenters. The molecule has 1 aromatic rings. The quantitative estimate of drug-likeness (QED) is 0.901. The van der Waals surface area contributed by atoms with E-state index in [0.29, 0.717) is 11.8 Å². The lowest BCUT2D eigenvalue weighted by Crippen LogP contribution is -2.48. The van der Waals surface area contributed by atoms with Gasteiger partial charge in [-0.05, 0) is 30.4 Å². The van der Waals surface area contributed by atoms with E-state index >= 15 is 0 Å². The molecular weight excluding hydrogens is 250 g/mol. The molecule has 1 N–H and O–H groups in total. The molecule has 0 saturated carbocycles. The van der Waals surface area contributed by atoms with E-state index in [0.717, 1.165) is 26.1 Å². The first kappa shape index (κ1) is 14.9. The number of urea groups is 1. The highest BCUT2D eigenvalue weighted by atomic mass is 16.2. The standard InChI is InChI=1S/C16H27N3O/c1-12(2)7-8-17-16(20)19-11-10-18-9-5-6-14(18)15(19)13(3)4/h5-6,9,12-13,15H,7-8,10-11H2,1-4H3,(H,17,20)/t15-/m1/s1. The van der Waals surface area contributed by atoms with Crippen molar-refractivity contribution in [2.45, 2.75) is 46.7 Å². The molecule has 0 radical (unpaired) electrons. The Labute approximate surface area is 122 Å². The molecule has 112 valence electrons. The smallest absolute Gasteiger partial charge is 0.318 e. The summed E-state index contributed by atoms with van der Waals surface area (Å²) < 4.78 is 2.27. The Kier molecular flexibility index (Phi) is 4.73. The van der Waals surface area contributed by atoms with Gasteiger partial charge in [-0.25, -0.2) is 4.79 Å². The summed E-state index contributed by atoms with van der Waals surface area (Å²) in [5.41, 5.74) is 1.25. The van der Waals surface area contributed by atoms with Crippen molar-refractivity contribution in [2.24, 2.45) is 11.8 Å². The van der Waals surface area contributed by atoms with Gasteiger partial charge in [-0.2, -0.15) is 0 Å². The second-order valence-electron chi connectivity index (χ2n) is 6.42.